The lowest BCUT2D eigenvalue weighted by Gasteiger charge is -2.05. The number of fused-ring (bicyclic) bond motifs is 1. The summed E-state index contributed by atoms with van der Waals surface area (Å²) in [4.78, 5) is 5.96. The average molecular weight is 337 g/mol. The van der Waals surface area contributed by atoms with E-state index in [1.54, 1.807) is 11.8 Å². The van der Waals surface area contributed by atoms with Crippen LogP contribution in [0.1, 0.15) is 0 Å². The maximum atomic E-state index is 6.34. The Morgan fingerprint density at radius 3 is 2.26 bits per heavy atom. The van der Waals surface area contributed by atoms with Crippen molar-refractivity contribution in [1.29, 1.82) is 0 Å². The van der Waals surface area contributed by atoms with Gasteiger partial charge >= 0.3 is 0 Å². The summed E-state index contributed by atoms with van der Waals surface area (Å²) in [7, 11) is 0. The van der Waals surface area contributed by atoms with Crippen LogP contribution in [0.15, 0.2) is 88.9 Å². The topological polar surface area (TPSA) is 17.3 Å². The van der Waals surface area contributed by atoms with Gasteiger partial charge in [-0.2, -0.15) is 0 Å². The molecule has 0 spiro atoms. The molecule has 0 aliphatic rings. The van der Waals surface area contributed by atoms with Crippen molar-refractivity contribution < 1.29 is 0 Å². The molecule has 0 aliphatic carbocycles. The number of imidazole rings is 1. The third kappa shape index (κ3) is 2.74. The van der Waals surface area contributed by atoms with Gasteiger partial charge in [0.25, 0.3) is 0 Å². The van der Waals surface area contributed by atoms with Crippen LogP contribution in [0.25, 0.3) is 16.9 Å². The number of benzene rings is 2. The van der Waals surface area contributed by atoms with Crippen LogP contribution in [0.3, 0.4) is 0 Å². The van der Waals surface area contributed by atoms with Gasteiger partial charge in [-0.3, -0.25) is 4.40 Å². The Morgan fingerprint density at radius 1 is 0.826 bits per heavy atom. The zero-order valence-corrected chi connectivity index (χ0v) is 13.8. The molecule has 0 N–H and O–H groups in total. The van der Waals surface area contributed by atoms with Crippen molar-refractivity contribution in [3.05, 3.63) is 84.0 Å². The van der Waals surface area contributed by atoms with Gasteiger partial charge in [-0.15, -0.1) is 0 Å². The van der Waals surface area contributed by atoms with E-state index >= 15 is 0 Å². The van der Waals surface area contributed by atoms with Crippen molar-refractivity contribution in [3.8, 4) is 11.3 Å². The van der Waals surface area contributed by atoms with Crippen molar-refractivity contribution >= 4 is 29.0 Å². The second-order valence-electron chi connectivity index (χ2n) is 5.10. The summed E-state index contributed by atoms with van der Waals surface area (Å²) in [5, 5.41) is 1.73. The molecule has 0 saturated carbocycles. The summed E-state index contributed by atoms with van der Waals surface area (Å²) in [6, 6.07) is 24.3. The number of rotatable bonds is 3. The van der Waals surface area contributed by atoms with E-state index < -0.39 is 0 Å². The van der Waals surface area contributed by atoms with E-state index in [9.17, 15) is 0 Å². The number of hydrogen-bond donors (Lipinski definition) is 0. The summed E-state index contributed by atoms with van der Waals surface area (Å²) in [5.41, 5.74) is 2.82. The highest BCUT2D eigenvalue weighted by Crippen LogP contribution is 2.37. The number of aromatic nitrogens is 2. The van der Waals surface area contributed by atoms with E-state index in [0.29, 0.717) is 5.02 Å². The fraction of sp³-hybridized carbons (Fsp3) is 0. The Hall–Kier alpha value is -2.23. The summed E-state index contributed by atoms with van der Waals surface area (Å²) in [6.45, 7) is 0. The predicted octanol–water partition coefficient (Wildman–Crippen LogP) is 5.81. The Kier molecular flexibility index (Phi) is 3.82. The molecule has 0 unspecified atom stereocenters. The molecular weight excluding hydrogens is 324 g/mol. The molecule has 2 nitrogen and oxygen atoms in total. The average Bonchev–Trinajstić information content (AvgIpc) is 2.97. The zero-order chi connectivity index (χ0) is 15.6. The summed E-state index contributed by atoms with van der Waals surface area (Å²) >= 11 is 8.04. The molecule has 0 atom stereocenters. The highest BCUT2D eigenvalue weighted by atomic mass is 35.5. The van der Waals surface area contributed by atoms with E-state index in [1.807, 2.05) is 54.7 Å². The Morgan fingerprint density at radius 2 is 1.52 bits per heavy atom. The highest BCUT2D eigenvalue weighted by Gasteiger charge is 2.16. The SMILES string of the molecule is Clc1cccn2c(Sc3ccccc3)c(-c3ccccc3)nc12. The molecular formula is C19H13ClN2S. The summed E-state index contributed by atoms with van der Waals surface area (Å²) in [5.74, 6) is 0. The van der Waals surface area contributed by atoms with Crippen molar-refractivity contribution in [2.75, 3.05) is 0 Å². The van der Waals surface area contributed by atoms with E-state index in [0.717, 1.165) is 21.9 Å². The molecule has 0 fully saturated rings. The monoisotopic (exact) mass is 336 g/mol. The van der Waals surface area contributed by atoms with Gasteiger partial charge in [0.15, 0.2) is 5.65 Å². The number of hydrogen-bond acceptors (Lipinski definition) is 2. The maximum Gasteiger partial charge on any atom is 0.157 e. The second-order valence-corrected chi connectivity index (χ2v) is 6.57. The van der Waals surface area contributed by atoms with Gasteiger partial charge < -0.3 is 0 Å². The minimum atomic E-state index is 0.657. The van der Waals surface area contributed by atoms with Crippen LogP contribution in [0.4, 0.5) is 0 Å². The van der Waals surface area contributed by atoms with Gasteiger partial charge in [0.2, 0.25) is 0 Å². The largest absolute Gasteiger partial charge is 0.293 e. The highest BCUT2D eigenvalue weighted by molar-refractivity contribution is 7.99. The lowest BCUT2D eigenvalue weighted by molar-refractivity contribution is 1.05. The molecule has 0 aliphatic heterocycles. The van der Waals surface area contributed by atoms with Crippen molar-refractivity contribution in [2.24, 2.45) is 0 Å². The first kappa shape index (κ1) is 14.4. The van der Waals surface area contributed by atoms with Crippen LogP contribution in [0.5, 0.6) is 0 Å². The van der Waals surface area contributed by atoms with E-state index in [1.165, 1.54) is 4.90 Å². The van der Waals surface area contributed by atoms with E-state index in [-0.39, 0.29) is 0 Å². The number of pyridine rings is 1. The maximum absolute atomic E-state index is 6.34. The first-order valence-corrected chi connectivity index (χ1v) is 8.47. The number of halogens is 1. The van der Waals surface area contributed by atoms with Gasteiger partial charge in [0, 0.05) is 16.7 Å². The molecule has 0 amide bonds. The molecule has 2 aromatic heterocycles. The van der Waals surface area contributed by atoms with Crippen LogP contribution in [0.2, 0.25) is 5.02 Å². The fourth-order valence-corrected chi connectivity index (χ4v) is 3.72. The fourth-order valence-electron chi connectivity index (χ4n) is 2.49. The first-order chi connectivity index (χ1) is 11.3. The van der Waals surface area contributed by atoms with Crippen LogP contribution in [0, 0.1) is 0 Å². The van der Waals surface area contributed by atoms with Crippen LogP contribution in [-0.4, -0.2) is 9.38 Å². The van der Waals surface area contributed by atoms with Crippen LogP contribution >= 0.6 is 23.4 Å². The Balaban J connectivity index is 1.94. The lowest BCUT2D eigenvalue weighted by atomic mass is 10.2. The van der Waals surface area contributed by atoms with Gasteiger partial charge in [0.05, 0.1) is 5.02 Å². The molecule has 4 aromatic rings. The van der Waals surface area contributed by atoms with Crippen molar-refractivity contribution in [2.45, 2.75) is 9.92 Å². The van der Waals surface area contributed by atoms with Gasteiger partial charge in [-0.1, -0.05) is 71.9 Å². The molecule has 4 heteroatoms. The minimum Gasteiger partial charge on any atom is -0.293 e. The van der Waals surface area contributed by atoms with Gasteiger partial charge in [0.1, 0.15) is 10.7 Å². The van der Waals surface area contributed by atoms with Crippen LogP contribution < -0.4 is 0 Å². The predicted molar refractivity (Wildman–Crippen MR) is 96.2 cm³/mol. The molecule has 4 rings (SSSR count). The molecule has 0 radical (unpaired) electrons. The molecule has 0 saturated heterocycles. The molecule has 2 aromatic carbocycles. The zero-order valence-electron chi connectivity index (χ0n) is 12.2. The van der Waals surface area contributed by atoms with Crippen molar-refractivity contribution in [1.82, 2.24) is 9.38 Å². The second kappa shape index (κ2) is 6.11. The lowest BCUT2D eigenvalue weighted by Crippen LogP contribution is -1.87. The summed E-state index contributed by atoms with van der Waals surface area (Å²) in [6.07, 6.45) is 2.01. The van der Waals surface area contributed by atoms with E-state index in [2.05, 4.69) is 28.7 Å². The molecule has 23 heavy (non-hydrogen) atoms. The van der Waals surface area contributed by atoms with E-state index in [4.69, 9.17) is 16.6 Å². The normalized spacial score (nSPS) is 11.0. The Labute approximate surface area is 143 Å². The smallest absolute Gasteiger partial charge is 0.157 e. The number of nitrogens with zero attached hydrogens (tertiary/aromatic N) is 2. The van der Waals surface area contributed by atoms with Gasteiger partial charge in [-0.25, -0.2) is 4.98 Å². The molecule has 2 heterocycles. The first-order valence-electron chi connectivity index (χ1n) is 7.28. The molecule has 112 valence electrons. The van der Waals surface area contributed by atoms with Crippen molar-refractivity contribution in [3.63, 3.8) is 0 Å². The third-order valence-corrected chi connectivity index (χ3v) is 4.95. The molecule has 0 bridgehead atoms. The quantitative estimate of drug-likeness (QED) is 0.470. The third-order valence-electron chi connectivity index (χ3n) is 3.56. The standard InChI is InChI=1S/C19H13ClN2S/c20-16-12-7-13-22-18(16)21-17(14-8-3-1-4-9-14)19(22)23-15-10-5-2-6-11-15/h1-13H. The van der Waals surface area contributed by atoms with Crippen LogP contribution in [-0.2, 0) is 0 Å². The van der Waals surface area contributed by atoms with Gasteiger partial charge in [-0.05, 0) is 24.3 Å². The Bertz CT molecular complexity index is 949. The summed E-state index contributed by atoms with van der Waals surface area (Å²) < 4.78 is 2.06. The minimum absolute atomic E-state index is 0.657.